The lowest BCUT2D eigenvalue weighted by atomic mass is 10.2. The van der Waals surface area contributed by atoms with Crippen molar-refractivity contribution in [3.05, 3.63) is 11.8 Å². The number of carbonyl (C=O) groups excluding carboxylic acids is 1. The molecule has 0 bridgehead atoms. The average Bonchev–Trinajstić information content (AvgIpc) is 2.46. The van der Waals surface area contributed by atoms with Crippen LogP contribution in [-0.2, 0) is 9.53 Å². The van der Waals surface area contributed by atoms with Crippen LogP contribution in [0.4, 0.5) is 11.5 Å². The van der Waals surface area contributed by atoms with Gasteiger partial charge in [-0.15, -0.1) is 10.2 Å². The minimum atomic E-state index is -1.15. The fourth-order valence-electron chi connectivity index (χ4n) is 2.45. The van der Waals surface area contributed by atoms with Gasteiger partial charge in [0.15, 0.2) is 11.5 Å². The Hall–Kier alpha value is -2.42. The van der Waals surface area contributed by atoms with E-state index in [2.05, 4.69) is 10.2 Å². The molecule has 9 heteroatoms. The van der Waals surface area contributed by atoms with Crippen LogP contribution in [0.3, 0.4) is 0 Å². The first-order valence-corrected chi connectivity index (χ1v) is 7.71. The second-order valence-corrected chi connectivity index (χ2v) is 6.65. The van der Waals surface area contributed by atoms with Gasteiger partial charge in [0.1, 0.15) is 5.60 Å². The number of aromatic nitrogens is 2. The van der Waals surface area contributed by atoms with E-state index in [9.17, 15) is 9.59 Å². The van der Waals surface area contributed by atoms with Gasteiger partial charge in [-0.1, -0.05) is 0 Å². The minimum absolute atomic E-state index is 0.143. The molecule has 1 aromatic rings. The molecule has 1 fully saturated rings. The summed E-state index contributed by atoms with van der Waals surface area (Å²) in [4.78, 5) is 26.8. The monoisotopic (exact) mass is 337 g/mol. The van der Waals surface area contributed by atoms with Gasteiger partial charge in [0, 0.05) is 32.2 Å². The number of rotatable bonds is 4. The second-order valence-electron chi connectivity index (χ2n) is 6.65. The second kappa shape index (κ2) is 7.00. The Morgan fingerprint density at radius 1 is 1.25 bits per heavy atom. The molecule has 2 heterocycles. The van der Waals surface area contributed by atoms with Gasteiger partial charge in [-0.3, -0.25) is 9.69 Å². The molecular weight excluding hydrogens is 314 g/mol. The molecule has 132 valence electrons. The maximum absolute atomic E-state index is 11.9. The standard InChI is InChI=1S/C15H23N5O4/c1-15(2,3)24-12(21)9-19-4-6-20(7-5-19)11-8-10(14(22)23)17-18-13(11)16/h8H,4-7,9H2,1-3H3,(H2,16,18)(H,22,23). The van der Waals surface area contributed by atoms with Gasteiger partial charge in [0.2, 0.25) is 0 Å². The lowest BCUT2D eigenvalue weighted by Gasteiger charge is -2.36. The van der Waals surface area contributed by atoms with Gasteiger partial charge < -0.3 is 20.5 Å². The minimum Gasteiger partial charge on any atom is -0.476 e. The number of carbonyl (C=O) groups is 2. The molecule has 0 spiro atoms. The molecule has 1 aliphatic rings. The molecule has 0 saturated carbocycles. The molecule has 24 heavy (non-hydrogen) atoms. The third kappa shape index (κ3) is 4.79. The normalized spacial score (nSPS) is 16.0. The highest BCUT2D eigenvalue weighted by molar-refractivity contribution is 5.87. The number of nitrogens with two attached hydrogens (primary N) is 1. The van der Waals surface area contributed by atoms with Gasteiger partial charge >= 0.3 is 11.9 Å². The van der Waals surface area contributed by atoms with Crippen LogP contribution in [0, 0.1) is 0 Å². The first-order valence-electron chi connectivity index (χ1n) is 7.71. The Morgan fingerprint density at radius 2 is 1.88 bits per heavy atom. The van der Waals surface area contributed by atoms with E-state index >= 15 is 0 Å². The highest BCUT2D eigenvalue weighted by atomic mass is 16.6. The summed E-state index contributed by atoms with van der Waals surface area (Å²) in [5.41, 5.74) is 5.72. The fraction of sp³-hybridized carbons (Fsp3) is 0.600. The molecule has 9 nitrogen and oxygen atoms in total. The van der Waals surface area contributed by atoms with Crippen LogP contribution in [0.5, 0.6) is 0 Å². The number of hydrogen-bond acceptors (Lipinski definition) is 8. The van der Waals surface area contributed by atoms with Crippen LogP contribution in [-0.4, -0.2) is 70.5 Å². The summed E-state index contributed by atoms with van der Waals surface area (Å²) < 4.78 is 5.32. The predicted molar refractivity (Wildman–Crippen MR) is 87.9 cm³/mol. The van der Waals surface area contributed by atoms with Gasteiger partial charge in [0.25, 0.3) is 0 Å². The zero-order valence-corrected chi connectivity index (χ0v) is 14.2. The average molecular weight is 337 g/mol. The van der Waals surface area contributed by atoms with E-state index in [0.717, 1.165) is 0 Å². The van der Waals surface area contributed by atoms with Crippen molar-refractivity contribution in [3.8, 4) is 0 Å². The summed E-state index contributed by atoms with van der Waals surface area (Å²) in [6.45, 7) is 8.24. The molecule has 3 N–H and O–H groups in total. The lowest BCUT2D eigenvalue weighted by molar-refractivity contribution is -0.156. The van der Waals surface area contributed by atoms with Crippen LogP contribution in [0.15, 0.2) is 6.07 Å². The van der Waals surface area contributed by atoms with E-state index < -0.39 is 11.6 Å². The molecule has 2 rings (SSSR count). The fourth-order valence-corrected chi connectivity index (χ4v) is 2.45. The van der Waals surface area contributed by atoms with Crippen molar-refractivity contribution in [2.75, 3.05) is 43.4 Å². The van der Waals surface area contributed by atoms with E-state index in [1.165, 1.54) is 6.07 Å². The van der Waals surface area contributed by atoms with Crippen LogP contribution in [0.25, 0.3) is 0 Å². The number of carboxylic acids is 1. The molecule has 0 amide bonds. The zero-order valence-electron chi connectivity index (χ0n) is 14.2. The third-order valence-electron chi connectivity index (χ3n) is 3.51. The van der Waals surface area contributed by atoms with E-state index in [0.29, 0.717) is 31.9 Å². The molecule has 1 aromatic heterocycles. The molecule has 1 aliphatic heterocycles. The highest BCUT2D eigenvalue weighted by Crippen LogP contribution is 2.22. The maximum atomic E-state index is 11.9. The topological polar surface area (TPSA) is 122 Å². The Kier molecular flexibility index (Phi) is 5.23. The number of aromatic carboxylic acids is 1. The van der Waals surface area contributed by atoms with Gasteiger partial charge in [-0.05, 0) is 20.8 Å². The zero-order chi connectivity index (χ0) is 17.9. The Balaban J connectivity index is 1.94. The maximum Gasteiger partial charge on any atom is 0.356 e. The summed E-state index contributed by atoms with van der Waals surface area (Å²) in [7, 11) is 0. The van der Waals surface area contributed by atoms with E-state index in [4.69, 9.17) is 15.6 Å². The van der Waals surface area contributed by atoms with Gasteiger partial charge in [-0.25, -0.2) is 4.79 Å². The van der Waals surface area contributed by atoms with Crippen molar-refractivity contribution in [3.63, 3.8) is 0 Å². The van der Waals surface area contributed by atoms with Crippen LogP contribution >= 0.6 is 0 Å². The Bertz CT molecular complexity index is 621. The van der Waals surface area contributed by atoms with Crippen molar-refractivity contribution >= 4 is 23.4 Å². The SMILES string of the molecule is CC(C)(C)OC(=O)CN1CCN(c2cc(C(=O)O)nnc2N)CC1. The molecule has 0 radical (unpaired) electrons. The third-order valence-corrected chi connectivity index (χ3v) is 3.51. The van der Waals surface area contributed by atoms with E-state index in [1.807, 2.05) is 30.6 Å². The van der Waals surface area contributed by atoms with Crippen molar-refractivity contribution in [2.45, 2.75) is 26.4 Å². The smallest absolute Gasteiger partial charge is 0.356 e. The van der Waals surface area contributed by atoms with Crippen molar-refractivity contribution in [1.29, 1.82) is 0 Å². The highest BCUT2D eigenvalue weighted by Gasteiger charge is 2.24. The first-order chi connectivity index (χ1) is 11.2. The number of anilines is 2. The van der Waals surface area contributed by atoms with E-state index in [1.54, 1.807) is 0 Å². The van der Waals surface area contributed by atoms with Crippen molar-refractivity contribution in [1.82, 2.24) is 15.1 Å². The number of nitrogens with zero attached hydrogens (tertiary/aromatic N) is 4. The summed E-state index contributed by atoms with van der Waals surface area (Å²) >= 11 is 0. The Morgan fingerprint density at radius 3 is 2.42 bits per heavy atom. The Labute approximate surface area is 140 Å². The van der Waals surface area contributed by atoms with Crippen molar-refractivity contribution < 1.29 is 19.4 Å². The number of ether oxygens (including phenoxy) is 1. The van der Waals surface area contributed by atoms with Gasteiger partial charge in [-0.2, -0.15) is 0 Å². The van der Waals surface area contributed by atoms with Crippen LogP contribution in [0.2, 0.25) is 0 Å². The number of piperazine rings is 1. The first kappa shape index (κ1) is 17.9. The molecule has 0 atom stereocenters. The largest absolute Gasteiger partial charge is 0.476 e. The molecule has 1 saturated heterocycles. The van der Waals surface area contributed by atoms with Crippen molar-refractivity contribution in [2.24, 2.45) is 0 Å². The molecular formula is C15H23N5O4. The summed E-state index contributed by atoms with van der Waals surface area (Å²) in [5, 5.41) is 16.3. The lowest BCUT2D eigenvalue weighted by Crippen LogP contribution is -2.49. The summed E-state index contributed by atoms with van der Waals surface area (Å²) in [6, 6.07) is 1.42. The quantitative estimate of drug-likeness (QED) is 0.743. The number of nitrogen functional groups attached to an aromatic ring is 1. The molecule has 0 unspecified atom stereocenters. The summed E-state index contributed by atoms with van der Waals surface area (Å²) in [6.07, 6.45) is 0. The van der Waals surface area contributed by atoms with Crippen LogP contribution in [0.1, 0.15) is 31.3 Å². The van der Waals surface area contributed by atoms with E-state index in [-0.39, 0.29) is 24.0 Å². The number of esters is 1. The van der Waals surface area contributed by atoms with Gasteiger partial charge in [0.05, 0.1) is 12.2 Å². The summed E-state index contributed by atoms with van der Waals surface area (Å²) in [5.74, 6) is -1.21. The predicted octanol–water partition coefficient (Wildman–Crippen LogP) is 0.221. The number of carboxylic acid groups (broad SMARTS) is 1. The molecule has 0 aliphatic carbocycles. The van der Waals surface area contributed by atoms with Crippen LogP contribution < -0.4 is 10.6 Å². The molecule has 0 aromatic carbocycles. The number of hydrogen-bond donors (Lipinski definition) is 2.